The van der Waals surface area contributed by atoms with Gasteiger partial charge in [-0.1, -0.05) is 42.5 Å². The summed E-state index contributed by atoms with van der Waals surface area (Å²) in [6.45, 7) is 0.423. The molecule has 1 heterocycles. The summed E-state index contributed by atoms with van der Waals surface area (Å²) in [6.07, 6.45) is 0. The van der Waals surface area contributed by atoms with Gasteiger partial charge >= 0.3 is 0 Å². The molecule has 0 amide bonds. The fourth-order valence-corrected chi connectivity index (χ4v) is 2.86. The van der Waals surface area contributed by atoms with E-state index in [4.69, 9.17) is 0 Å². The molecule has 0 unspecified atom stereocenters. The molecule has 0 N–H and O–H groups in total. The molecule has 3 nitrogen and oxygen atoms in total. The van der Waals surface area contributed by atoms with Crippen molar-refractivity contribution in [2.24, 2.45) is 0 Å². The molecule has 1 aliphatic rings. The first kappa shape index (κ1) is 10.4. The molecular weight excluding hydrogens is 234 g/mol. The van der Waals surface area contributed by atoms with Crippen LogP contribution in [-0.2, 0) is 17.4 Å². The van der Waals surface area contributed by atoms with E-state index in [-0.39, 0.29) is 0 Å². The van der Waals surface area contributed by atoms with Gasteiger partial charge in [0.15, 0.2) is 0 Å². The maximum atomic E-state index is 11.3. The molecule has 1 aliphatic heterocycles. The van der Waals surface area contributed by atoms with Gasteiger partial charge in [-0.15, -0.1) is 0 Å². The Kier molecular flexibility index (Phi) is 2.37. The summed E-state index contributed by atoms with van der Waals surface area (Å²) < 4.78 is 24.0. The molecule has 0 bridgehead atoms. The Morgan fingerprint density at radius 3 is 2.29 bits per heavy atom. The second-order valence-electron chi connectivity index (χ2n) is 3.97. The summed E-state index contributed by atoms with van der Waals surface area (Å²) in [5.41, 5.74) is 3.91. The van der Waals surface area contributed by atoms with Gasteiger partial charge in [0, 0.05) is 5.56 Å². The second-order valence-corrected chi connectivity index (χ2v) is 4.93. The van der Waals surface area contributed by atoms with E-state index in [9.17, 15) is 8.42 Å². The lowest BCUT2D eigenvalue weighted by Crippen LogP contribution is -2.24. The number of anilines is 1. The van der Waals surface area contributed by atoms with Crippen LogP contribution in [0.15, 0.2) is 48.5 Å². The average molecular weight is 245 g/mol. The van der Waals surface area contributed by atoms with Gasteiger partial charge in [0.2, 0.25) is 10.9 Å². The summed E-state index contributed by atoms with van der Waals surface area (Å²) >= 11 is 0. The first-order valence-corrected chi connectivity index (χ1v) is 6.49. The lowest BCUT2D eigenvalue weighted by molar-refractivity contribution is 0.609. The number of rotatable bonds is 1. The zero-order valence-corrected chi connectivity index (χ0v) is 9.93. The van der Waals surface area contributed by atoms with Crippen LogP contribution in [-0.4, -0.2) is 8.42 Å². The van der Waals surface area contributed by atoms with Crippen LogP contribution in [0.2, 0.25) is 0 Å². The molecule has 0 fully saturated rings. The third-order valence-electron chi connectivity index (χ3n) is 3.01. The topological polar surface area (TPSA) is 37.4 Å². The monoisotopic (exact) mass is 245 g/mol. The third-order valence-corrected chi connectivity index (χ3v) is 3.76. The van der Waals surface area contributed by atoms with Gasteiger partial charge in [0.25, 0.3) is 0 Å². The fourth-order valence-electron chi connectivity index (χ4n) is 2.24. The lowest BCUT2D eigenvalue weighted by Gasteiger charge is -2.27. The quantitative estimate of drug-likeness (QED) is 0.782. The van der Waals surface area contributed by atoms with E-state index < -0.39 is 10.9 Å². The molecule has 2 aromatic rings. The highest BCUT2D eigenvalue weighted by Gasteiger charge is 2.22. The highest BCUT2D eigenvalue weighted by molar-refractivity contribution is 7.74. The molecule has 0 spiro atoms. The molecule has 2 aromatic carbocycles. The first-order valence-electron chi connectivity index (χ1n) is 5.36. The van der Waals surface area contributed by atoms with Crippen LogP contribution in [0.3, 0.4) is 0 Å². The Morgan fingerprint density at radius 2 is 1.53 bits per heavy atom. The van der Waals surface area contributed by atoms with Crippen molar-refractivity contribution >= 4 is 16.6 Å². The van der Waals surface area contributed by atoms with Crippen molar-refractivity contribution in [1.29, 1.82) is 0 Å². The van der Waals surface area contributed by atoms with Crippen LogP contribution < -0.4 is 4.31 Å². The summed E-state index contributed by atoms with van der Waals surface area (Å²) in [5, 5.41) is 0. The van der Waals surface area contributed by atoms with Crippen molar-refractivity contribution in [1.82, 2.24) is 0 Å². The van der Waals surface area contributed by atoms with Gasteiger partial charge < -0.3 is 0 Å². The van der Waals surface area contributed by atoms with Crippen LogP contribution in [0.25, 0.3) is 11.1 Å². The zero-order valence-electron chi connectivity index (χ0n) is 9.04. The average Bonchev–Trinajstić information content (AvgIpc) is 2.37. The van der Waals surface area contributed by atoms with E-state index in [0.29, 0.717) is 6.54 Å². The van der Waals surface area contributed by atoms with Crippen LogP contribution in [0.4, 0.5) is 5.69 Å². The maximum absolute atomic E-state index is 11.3. The van der Waals surface area contributed by atoms with E-state index >= 15 is 0 Å². The smallest absolute Gasteiger partial charge is 0.225 e. The van der Waals surface area contributed by atoms with E-state index in [0.717, 1.165) is 22.4 Å². The first-order chi connectivity index (χ1) is 8.27. The second kappa shape index (κ2) is 3.89. The fraction of sp³-hybridized carbons (Fsp3) is 0.0769. The molecule has 86 valence electrons. The SMILES string of the molecule is O=[SH](=O)N1Cc2ccccc2-c2ccccc21. The van der Waals surface area contributed by atoms with Crippen LogP contribution in [0.1, 0.15) is 5.56 Å². The molecule has 0 radical (unpaired) electrons. The minimum Gasteiger partial charge on any atom is -0.267 e. The molecule has 0 atom stereocenters. The van der Waals surface area contributed by atoms with Crippen LogP contribution in [0.5, 0.6) is 0 Å². The standard InChI is InChI=1S/C13H11NO2S/c15-17(16)14-9-10-5-1-2-6-11(10)12-7-3-4-8-13(12)14/h1-8,17H,9H2. The Labute approximate surface area is 101 Å². The number of benzene rings is 2. The molecule has 0 aromatic heterocycles. The number of hydrogen-bond acceptors (Lipinski definition) is 2. The maximum Gasteiger partial charge on any atom is 0.225 e. The molecule has 0 aliphatic carbocycles. The van der Waals surface area contributed by atoms with E-state index in [1.165, 1.54) is 4.31 Å². The van der Waals surface area contributed by atoms with E-state index in [1.54, 1.807) is 0 Å². The lowest BCUT2D eigenvalue weighted by atomic mass is 9.95. The Hall–Kier alpha value is -1.81. The van der Waals surface area contributed by atoms with Crippen molar-refractivity contribution in [3.05, 3.63) is 54.1 Å². The molecule has 17 heavy (non-hydrogen) atoms. The largest absolute Gasteiger partial charge is 0.267 e. The van der Waals surface area contributed by atoms with Gasteiger partial charge in [-0.3, -0.25) is 4.31 Å². The zero-order chi connectivity index (χ0) is 11.8. The molecule has 0 saturated carbocycles. The predicted molar refractivity (Wildman–Crippen MR) is 68.4 cm³/mol. The minimum absolute atomic E-state index is 0.423. The van der Waals surface area contributed by atoms with Crippen molar-refractivity contribution in [2.45, 2.75) is 6.54 Å². The van der Waals surface area contributed by atoms with Gasteiger partial charge in [-0.2, -0.15) is 0 Å². The van der Waals surface area contributed by atoms with Crippen molar-refractivity contribution in [2.75, 3.05) is 4.31 Å². The van der Waals surface area contributed by atoms with Crippen LogP contribution in [0, 0.1) is 0 Å². The Bertz CT molecular complexity index is 641. The van der Waals surface area contributed by atoms with Crippen molar-refractivity contribution < 1.29 is 8.42 Å². The number of thiol groups is 1. The summed E-state index contributed by atoms with van der Waals surface area (Å²) in [4.78, 5) is 0. The van der Waals surface area contributed by atoms with Gasteiger partial charge in [-0.05, 0) is 17.2 Å². The van der Waals surface area contributed by atoms with Gasteiger partial charge in [0.05, 0.1) is 12.2 Å². The molecule has 4 heteroatoms. The number of para-hydroxylation sites is 1. The predicted octanol–water partition coefficient (Wildman–Crippen LogP) is 2.20. The molecular formula is C13H11NO2S. The highest BCUT2D eigenvalue weighted by atomic mass is 32.2. The minimum atomic E-state index is -2.60. The third kappa shape index (κ3) is 1.61. The Balaban J connectivity index is 2.29. The summed E-state index contributed by atoms with van der Waals surface area (Å²) in [6, 6.07) is 15.5. The number of nitrogens with zero attached hydrogens (tertiary/aromatic N) is 1. The van der Waals surface area contributed by atoms with Crippen molar-refractivity contribution in [3.8, 4) is 11.1 Å². The number of hydrogen-bond donors (Lipinski definition) is 1. The van der Waals surface area contributed by atoms with Crippen molar-refractivity contribution in [3.63, 3.8) is 0 Å². The normalized spacial score (nSPS) is 13.4. The van der Waals surface area contributed by atoms with Crippen LogP contribution >= 0.6 is 0 Å². The van der Waals surface area contributed by atoms with E-state index in [1.807, 2.05) is 48.5 Å². The van der Waals surface area contributed by atoms with E-state index in [2.05, 4.69) is 0 Å². The molecule has 0 saturated heterocycles. The molecule has 3 rings (SSSR count). The van der Waals surface area contributed by atoms with Gasteiger partial charge in [-0.25, -0.2) is 8.42 Å². The number of fused-ring (bicyclic) bond motifs is 3. The summed E-state index contributed by atoms with van der Waals surface area (Å²) in [5.74, 6) is 0. The Morgan fingerprint density at radius 1 is 0.882 bits per heavy atom. The van der Waals surface area contributed by atoms with Gasteiger partial charge in [0.1, 0.15) is 0 Å². The highest BCUT2D eigenvalue weighted by Crippen LogP contribution is 2.38. The summed E-state index contributed by atoms with van der Waals surface area (Å²) in [7, 11) is -2.60.